The zero-order valence-corrected chi connectivity index (χ0v) is 18.0. The molecule has 2 rings (SSSR count). The van der Waals surface area contributed by atoms with Crippen molar-refractivity contribution >= 4 is 17.6 Å². The number of alkyl halides is 3. The highest BCUT2D eigenvalue weighted by atomic mass is 19.4. The van der Waals surface area contributed by atoms with Crippen LogP contribution < -0.4 is 0 Å². The van der Waals surface area contributed by atoms with Crippen LogP contribution in [0.2, 0.25) is 0 Å². The lowest BCUT2D eigenvalue weighted by molar-refractivity contribution is -0.170. The van der Waals surface area contributed by atoms with E-state index in [0.29, 0.717) is 24.6 Å². The predicted octanol–water partition coefficient (Wildman–Crippen LogP) is 4.39. The number of aliphatic imine (C=N–C) groups is 1. The molecule has 0 spiro atoms. The summed E-state index contributed by atoms with van der Waals surface area (Å²) in [5.41, 5.74) is -0.0687. The molecule has 1 heterocycles. The summed E-state index contributed by atoms with van der Waals surface area (Å²) in [6, 6.07) is -0.752. The number of piperidine rings is 1. The van der Waals surface area contributed by atoms with Gasteiger partial charge in [-0.05, 0) is 58.8 Å². The van der Waals surface area contributed by atoms with Crippen LogP contribution in [-0.4, -0.2) is 53.9 Å². The average molecular weight is 419 g/mol. The Morgan fingerprint density at radius 3 is 2.31 bits per heavy atom. The number of nitrogens with zero attached hydrogens (tertiary/aromatic N) is 2. The third kappa shape index (κ3) is 7.00. The second-order valence-electron chi connectivity index (χ2n) is 9.40. The van der Waals surface area contributed by atoms with Crippen LogP contribution in [0.3, 0.4) is 0 Å². The first kappa shape index (κ1) is 23.7. The Morgan fingerprint density at radius 1 is 1.21 bits per heavy atom. The normalized spacial score (nSPS) is 25.8. The van der Waals surface area contributed by atoms with Gasteiger partial charge in [-0.15, -0.1) is 0 Å². The highest BCUT2D eigenvalue weighted by molar-refractivity contribution is 5.95. The van der Waals surface area contributed by atoms with E-state index >= 15 is 0 Å². The van der Waals surface area contributed by atoms with Crippen LogP contribution in [-0.2, 0) is 14.3 Å². The van der Waals surface area contributed by atoms with Crippen LogP contribution in [0.4, 0.5) is 13.2 Å². The van der Waals surface area contributed by atoms with Gasteiger partial charge < -0.3 is 9.64 Å². The van der Waals surface area contributed by atoms with Crippen molar-refractivity contribution in [3.63, 3.8) is 0 Å². The summed E-state index contributed by atoms with van der Waals surface area (Å²) in [5, 5.41) is 0. The zero-order valence-electron chi connectivity index (χ0n) is 18.0. The standard InChI is InChI=1S/C21H33F3N2O3/c1-6-14-9-16(25-11-15-7-8-15)18(13(2)29-19(28)20(3,4)5)26(12-14)17(27)10-21(22,23)24/h13-15,18H,6-12H2,1-5H3/b25-16+. The van der Waals surface area contributed by atoms with E-state index in [-0.39, 0.29) is 12.5 Å². The minimum atomic E-state index is -4.59. The summed E-state index contributed by atoms with van der Waals surface area (Å²) in [5.74, 6) is -0.880. The highest BCUT2D eigenvalue weighted by Crippen LogP contribution is 2.32. The van der Waals surface area contributed by atoms with Gasteiger partial charge in [-0.1, -0.05) is 13.3 Å². The second-order valence-corrected chi connectivity index (χ2v) is 9.40. The van der Waals surface area contributed by atoms with Crippen LogP contribution in [0.25, 0.3) is 0 Å². The molecule has 166 valence electrons. The largest absolute Gasteiger partial charge is 0.460 e. The van der Waals surface area contributed by atoms with Crippen molar-refractivity contribution in [2.24, 2.45) is 22.2 Å². The molecule has 0 aromatic heterocycles. The van der Waals surface area contributed by atoms with Crippen molar-refractivity contribution in [1.29, 1.82) is 0 Å². The first-order valence-electron chi connectivity index (χ1n) is 10.4. The van der Waals surface area contributed by atoms with Crippen molar-refractivity contribution in [3.8, 4) is 0 Å². The molecule has 0 aromatic rings. The molecule has 2 fully saturated rings. The summed E-state index contributed by atoms with van der Waals surface area (Å²) in [7, 11) is 0. The highest BCUT2D eigenvalue weighted by Gasteiger charge is 2.44. The molecule has 3 atom stereocenters. The van der Waals surface area contributed by atoms with Crippen LogP contribution in [0.5, 0.6) is 0 Å². The maximum absolute atomic E-state index is 12.9. The van der Waals surface area contributed by atoms with E-state index in [2.05, 4.69) is 0 Å². The molecule has 3 unspecified atom stereocenters. The SMILES string of the molecule is CCC1C/C(=N\CC2CC2)C(C(C)OC(=O)C(C)(C)C)N(C(=O)CC(F)(F)F)C1. The number of carbonyl (C=O) groups is 2. The molecule has 1 saturated carbocycles. The Labute approximate surface area is 171 Å². The molecular formula is C21H33F3N2O3. The number of likely N-dealkylation sites (tertiary alicyclic amines) is 1. The Balaban J connectivity index is 2.32. The molecule has 1 aliphatic carbocycles. The van der Waals surface area contributed by atoms with Gasteiger partial charge in [0.2, 0.25) is 5.91 Å². The van der Waals surface area contributed by atoms with Crippen LogP contribution in [0.1, 0.15) is 66.7 Å². The topological polar surface area (TPSA) is 59.0 Å². The van der Waals surface area contributed by atoms with Gasteiger partial charge in [0, 0.05) is 18.8 Å². The first-order valence-corrected chi connectivity index (χ1v) is 10.4. The average Bonchev–Trinajstić information content (AvgIpc) is 3.40. The van der Waals surface area contributed by atoms with Gasteiger partial charge in [0.1, 0.15) is 18.6 Å². The maximum Gasteiger partial charge on any atom is 0.397 e. The molecular weight excluding hydrogens is 385 g/mol. The van der Waals surface area contributed by atoms with Gasteiger partial charge in [0.25, 0.3) is 0 Å². The number of halogens is 3. The van der Waals surface area contributed by atoms with Crippen molar-refractivity contribution in [2.75, 3.05) is 13.1 Å². The maximum atomic E-state index is 12.9. The van der Waals surface area contributed by atoms with E-state index in [4.69, 9.17) is 9.73 Å². The molecule has 29 heavy (non-hydrogen) atoms. The fourth-order valence-corrected chi connectivity index (χ4v) is 3.50. The summed E-state index contributed by atoms with van der Waals surface area (Å²) < 4.78 is 44.4. The zero-order chi connectivity index (χ0) is 22.0. The molecule has 1 aliphatic heterocycles. The van der Waals surface area contributed by atoms with E-state index in [1.165, 1.54) is 4.90 Å². The Morgan fingerprint density at radius 2 is 1.83 bits per heavy atom. The lowest BCUT2D eigenvalue weighted by atomic mass is 9.86. The quantitative estimate of drug-likeness (QED) is 0.601. The first-order chi connectivity index (χ1) is 13.3. The minimum Gasteiger partial charge on any atom is -0.460 e. The van der Waals surface area contributed by atoms with Gasteiger partial charge in [-0.2, -0.15) is 13.2 Å². The Kier molecular flexibility index (Phi) is 7.38. The van der Waals surface area contributed by atoms with Crippen molar-refractivity contribution < 1.29 is 27.5 Å². The minimum absolute atomic E-state index is 0.0481. The number of amides is 1. The molecule has 0 bridgehead atoms. The third-order valence-corrected chi connectivity index (χ3v) is 5.48. The summed E-state index contributed by atoms with van der Waals surface area (Å²) >= 11 is 0. The van der Waals surface area contributed by atoms with Gasteiger partial charge in [0.15, 0.2) is 0 Å². The molecule has 1 amide bonds. The smallest absolute Gasteiger partial charge is 0.397 e. The third-order valence-electron chi connectivity index (χ3n) is 5.48. The van der Waals surface area contributed by atoms with Gasteiger partial charge in [-0.25, -0.2) is 0 Å². The lowest BCUT2D eigenvalue weighted by Gasteiger charge is -2.43. The summed E-state index contributed by atoms with van der Waals surface area (Å²) in [6.45, 7) is 9.57. The monoisotopic (exact) mass is 418 g/mol. The number of ether oxygens (including phenoxy) is 1. The van der Waals surface area contributed by atoms with Crippen molar-refractivity contribution in [3.05, 3.63) is 0 Å². The molecule has 8 heteroatoms. The van der Waals surface area contributed by atoms with E-state index in [1.54, 1.807) is 27.7 Å². The second kappa shape index (κ2) is 9.04. The molecule has 0 radical (unpaired) electrons. The van der Waals surface area contributed by atoms with Gasteiger partial charge in [-0.3, -0.25) is 14.6 Å². The lowest BCUT2D eigenvalue weighted by Crippen LogP contribution is -2.58. The number of rotatable bonds is 6. The van der Waals surface area contributed by atoms with E-state index in [9.17, 15) is 22.8 Å². The molecule has 5 nitrogen and oxygen atoms in total. The fraction of sp³-hybridized carbons (Fsp3) is 0.857. The Hall–Kier alpha value is -1.60. The van der Waals surface area contributed by atoms with Crippen LogP contribution in [0.15, 0.2) is 4.99 Å². The van der Waals surface area contributed by atoms with E-state index in [1.807, 2.05) is 6.92 Å². The molecule has 1 saturated heterocycles. The fourth-order valence-electron chi connectivity index (χ4n) is 3.50. The molecule has 0 N–H and O–H groups in total. The Bertz CT molecular complexity index is 636. The number of carbonyl (C=O) groups excluding carboxylic acids is 2. The summed E-state index contributed by atoms with van der Waals surface area (Å²) in [6.07, 6.45) is -3.32. The molecule has 0 aromatic carbocycles. The van der Waals surface area contributed by atoms with Crippen LogP contribution >= 0.6 is 0 Å². The number of esters is 1. The predicted molar refractivity (Wildman–Crippen MR) is 105 cm³/mol. The van der Waals surface area contributed by atoms with E-state index in [0.717, 1.165) is 19.3 Å². The van der Waals surface area contributed by atoms with Gasteiger partial charge >= 0.3 is 12.1 Å². The number of hydrogen-bond donors (Lipinski definition) is 0. The number of hydrogen-bond acceptors (Lipinski definition) is 4. The van der Waals surface area contributed by atoms with Gasteiger partial charge in [0.05, 0.1) is 5.41 Å². The molecule has 2 aliphatic rings. The summed E-state index contributed by atoms with van der Waals surface area (Å²) in [4.78, 5) is 30.9. The van der Waals surface area contributed by atoms with Crippen molar-refractivity contribution in [1.82, 2.24) is 4.90 Å². The van der Waals surface area contributed by atoms with Crippen molar-refractivity contribution in [2.45, 2.75) is 85.0 Å². The van der Waals surface area contributed by atoms with E-state index < -0.39 is 42.0 Å². The van der Waals surface area contributed by atoms with Crippen LogP contribution in [0, 0.1) is 17.3 Å².